The number of nitrogens with one attached hydrogen (secondary N) is 1. The Morgan fingerprint density at radius 1 is 1.07 bits per heavy atom. The fourth-order valence-electron chi connectivity index (χ4n) is 3.10. The van der Waals surface area contributed by atoms with Crippen LogP contribution in [0.25, 0.3) is 10.2 Å². The number of hydrogen-bond donors (Lipinski definition) is 1. The van der Waals surface area contributed by atoms with Crippen molar-refractivity contribution in [1.29, 1.82) is 0 Å². The molecule has 0 saturated carbocycles. The molecule has 2 aromatic carbocycles. The predicted octanol–water partition coefficient (Wildman–Crippen LogP) is 4.33. The van der Waals surface area contributed by atoms with Gasteiger partial charge in [0, 0.05) is 19.2 Å². The maximum Gasteiger partial charge on any atom is 0.243 e. The second-order valence-corrected chi connectivity index (χ2v) is 8.11. The summed E-state index contributed by atoms with van der Waals surface area (Å²) in [5.41, 5.74) is 3.86. The van der Waals surface area contributed by atoms with Crippen LogP contribution in [0.3, 0.4) is 0 Å². The van der Waals surface area contributed by atoms with Gasteiger partial charge in [-0.1, -0.05) is 30.3 Å². The van der Waals surface area contributed by atoms with Crippen LogP contribution in [-0.2, 0) is 16.0 Å². The second kappa shape index (κ2) is 8.97. The number of hydrogen-bond acceptors (Lipinski definition) is 4. The SMILES string of the molecule is Cc1cccc(C)c1NC(=O)CN(C)C(=O)CCCc1nc2ccccc2s1. The van der Waals surface area contributed by atoms with E-state index in [0.29, 0.717) is 6.42 Å². The summed E-state index contributed by atoms with van der Waals surface area (Å²) in [5.74, 6) is -0.211. The molecule has 0 aliphatic carbocycles. The molecule has 1 heterocycles. The van der Waals surface area contributed by atoms with Crippen molar-refractivity contribution in [1.82, 2.24) is 9.88 Å². The van der Waals surface area contributed by atoms with Gasteiger partial charge in [-0.2, -0.15) is 0 Å². The molecule has 0 spiro atoms. The van der Waals surface area contributed by atoms with Gasteiger partial charge < -0.3 is 10.2 Å². The fourth-order valence-corrected chi connectivity index (χ4v) is 4.11. The highest BCUT2D eigenvalue weighted by atomic mass is 32.1. The van der Waals surface area contributed by atoms with Crippen molar-refractivity contribution in [2.75, 3.05) is 18.9 Å². The minimum absolute atomic E-state index is 0.0298. The molecular weight excluding hydrogens is 370 g/mol. The number of anilines is 1. The lowest BCUT2D eigenvalue weighted by Crippen LogP contribution is -2.35. The summed E-state index contributed by atoms with van der Waals surface area (Å²) < 4.78 is 1.17. The van der Waals surface area contributed by atoms with Crippen molar-refractivity contribution < 1.29 is 9.59 Å². The van der Waals surface area contributed by atoms with E-state index >= 15 is 0 Å². The van der Waals surface area contributed by atoms with Crippen molar-refractivity contribution in [3.05, 3.63) is 58.6 Å². The van der Waals surface area contributed by atoms with Crippen molar-refractivity contribution in [2.45, 2.75) is 33.1 Å². The largest absolute Gasteiger partial charge is 0.336 e. The Morgan fingerprint density at radius 3 is 2.50 bits per heavy atom. The van der Waals surface area contributed by atoms with E-state index in [1.807, 2.05) is 50.2 Å². The quantitative estimate of drug-likeness (QED) is 0.648. The Bertz CT molecular complexity index is 943. The summed E-state index contributed by atoms with van der Waals surface area (Å²) >= 11 is 1.67. The van der Waals surface area contributed by atoms with Gasteiger partial charge in [0.2, 0.25) is 11.8 Å². The third-order valence-corrected chi connectivity index (χ3v) is 5.77. The summed E-state index contributed by atoms with van der Waals surface area (Å²) in [6.45, 7) is 3.97. The maximum atomic E-state index is 12.4. The Morgan fingerprint density at radius 2 is 1.79 bits per heavy atom. The Kier molecular flexibility index (Phi) is 6.41. The Hall–Kier alpha value is -2.73. The second-order valence-electron chi connectivity index (χ2n) is 6.99. The van der Waals surface area contributed by atoms with Crippen molar-refractivity contribution >= 4 is 39.1 Å². The fraction of sp³-hybridized carbons (Fsp3) is 0.318. The van der Waals surface area contributed by atoms with Crippen LogP contribution >= 0.6 is 11.3 Å². The van der Waals surface area contributed by atoms with E-state index in [1.165, 1.54) is 9.60 Å². The molecule has 0 atom stereocenters. The van der Waals surface area contributed by atoms with Gasteiger partial charge in [0.15, 0.2) is 0 Å². The molecule has 28 heavy (non-hydrogen) atoms. The van der Waals surface area contributed by atoms with E-state index < -0.39 is 0 Å². The third-order valence-electron chi connectivity index (χ3n) is 4.67. The molecule has 1 N–H and O–H groups in total. The number of carbonyl (C=O) groups excluding carboxylic acids is 2. The van der Waals surface area contributed by atoms with Crippen LogP contribution in [0.4, 0.5) is 5.69 Å². The molecule has 0 aliphatic rings. The van der Waals surface area contributed by atoms with Gasteiger partial charge in [0.05, 0.1) is 21.8 Å². The molecule has 6 heteroatoms. The van der Waals surface area contributed by atoms with E-state index in [1.54, 1.807) is 18.4 Å². The van der Waals surface area contributed by atoms with E-state index in [9.17, 15) is 9.59 Å². The van der Waals surface area contributed by atoms with Crippen LogP contribution in [0.2, 0.25) is 0 Å². The van der Waals surface area contributed by atoms with Crippen LogP contribution < -0.4 is 5.32 Å². The Balaban J connectivity index is 1.46. The molecule has 2 amide bonds. The average molecular weight is 396 g/mol. The molecule has 3 aromatic rings. The number of benzene rings is 2. The number of fused-ring (bicyclic) bond motifs is 1. The van der Waals surface area contributed by atoms with Gasteiger partial charge in [-0.15, -0.1) is 11.3 Å². The van der Waals surface area contributed by atoms with Gasteiger partial charge in [0.25, 0.3) is 0 Å². The molecule has 1 aromatic heterocycles. The molecule has 146 valence electrons. The monoisotopic (exact) mass is 395 g/mol. The lowest BCUT2D eigenvalue weighted by atomic mass is 10.1. The van der Waals surface area contributed by atoms with Crippen LogP contribution in [0, 0.1) is 13.8 Å². The minimum atomic E-state index is -0.181. The zero-order valence-electron chi connectivity index (χ0n) is 16.5. The molecule has 0 aliphatic heterocycles. The highest BCUT2D eigenvalue weighted by molar-refractivity contribution is 7.18. The summed E-state index contributed by atoms with van der Waals surface area (Å²) in [5, 5.41) is 3.97. The number of likely N-dealkylation sites (N-methyl/N-ethyl adjacent to an activating group) is 1. The molecular formula is C22H25N3O2S. The molecule has 0 bridgehead atoms. The number of nitrogens with zero attached hydrogens (tertiary/aromatic N) is 2. The summed E-state index contributed by atoms with van der Waals surface area (Å²) in [4.78, 5) is 30.8. The van der Waals surface area contributed by atoms with Gasteiger partial charge in [0.1, 0.15) is 0 Å². The molecule has 0 unspecified atom stereocenters. The number of thiazole rings is 1. The molecule has 3 rings (SSSR count). The topological polar surface area (TPSA) is 62.3 Å². The summed E-state index contributed by atoms with van der Waals surface area (Å²) in [6, 6.07) is 13.9. The van der Waals surface area contributed by atoms with Crippen molar-refractivity contribution in [2.24, 2.45) is 0 Å². The number of aromatic nitrogens is 1. The minimum Gasteiger partial charge on any atom is -0.336 e. The lowest BCUT2D eigenvalue weighted by molar-refractivity contribution is -0.133. The van der Waals surface area contributed by atoms with E-state index in [2.05, 4.69) is 16.4 Å². The van der Waals surface area contributed by atoms with Crippen molar-refractivity contribution in [3.8, 4) is 0 Å². The smallest absolute Gasteiger partial charge is 0.243 e. The van der Waals surface area contributed by atoms with Gasteiger partial charge in [-0.05, 0) is 49.9 Å². The number of aryl methyl sites for hydroxylation is 3. The molecule has 0 fully saturated rings. The average Bonchev–Trinajstić information content (AvgIpc) is 3.07. The highest BCUT2D eigenvalue weighted by Gasteiger charge is 2.14. The first kappa shape index (κ1) is 20.0. The van der Waals surface area contributed by atoms with Crippen LogP contribution in [0.5, 0.6) is 0 Å². The van der Waals surface area contributed by atoms with Crippen molar-refractivity contribution in [3.63, 3.8) is 0 Å². The summed E-state index contributed by atoms with van der Waals surface area (Å²) in [6.07, 6.45) is 1.90. The van der Waals surface area contributed by atoms with Crippen LogP contribution in [0.1, 0.15) is 29.0 Å². The standard InChI is InChI=1S/C22H25N3O2S/c1-15-8-6-9-16(2)22(15)24-19(26)14-25(3)21(27)13-7-12-20-23-17-10-4-5-11-18(17)28-20/h4-6,8-11H,7,12-14H2,1-3H3,(H,24,26). The predicted molar refractivity (Wildman–Crippen MR) is 115 cm³/mol. The first-order valence-corrected chi connectivity index (χ1v) is 10.2. The first-order valence-electron chi connectivity index (χ1n) is 9.38. The van der Waals surface area contributed by atoms with Gasteiger partial charge in [-0.3, -0.25) is 9.59 Å². The molecule has 5 nitrogen and oxygen atoms in total. The Labute approximate surface area is 169 Å². The lowest BCUT2D eigenvalue weighted by Gasteiger charge is -2.18. The van der Waals surface area contributed by atoms with E-state index in [4.69, 9.17) is 0 Å². The first-order chi connectivity index (χ1) is 13.4. The normalized spacial score (nSPS) is 10.8. The van der Waals surface area contributed by atoms with E-state index in [0.717, 1.165) is 40.2 Å². The highest BCUT2D eigenvalue weighted by Crippen LogP contribution is 2.23. The van der Waals surface area contributed by atoms with E-state index in [-0.39, 0.29) is 18.4 Å². The van der Waals surface area contributed by atoms with Crippen LogP contribution in [-0.4, -0.2) is 35.3 Å². The van der Waals surface area contributed by atoms with Gasteiger partial charge in [-0.25, -0.2) is 4.98 Å². The number of rotatable bonds is 7. The number of carbonyl (C=O) groups is 2. The van der Waals surface area contributed by atoms with Crippen LogP contribution in [0.15, 0.2) is 42.5 Å². The molecule has 0 saturated heterocycles. The summed E-state index contributed by atoms with van der Waals surface area (Å²) in [7, 11) is 1.67. The molecule has 0 radical (unpaired) electrons. The third kappa shape index (κ3) is 4.95. The van der Waals surface area contributed by atoms with Gasteiger partial charge >= 0.3 is 0 Å². The zero-order chi connectivity index (χ0) is 20.1. The number of para-hydroxylation sites is 2. The number of amides is 2. The maximum absolute atomic E-state index is 12.4. The zero-order valence-corrected chi connectivity index (χ0v) is 17.3.